The standard InChI is InChI=1S/C17H24N2O4/c1-3-22-12-16(20)18-10-13-9-17(21)19(11-13)14-5-7-15(8-6-14)23-4-2/h5-8,13H,3-4,9-12H2,1-2H3,(H,18,20)/t13-/m1/s1. The van der Waals surface area contributed by atoms with Crippen molar-refractivity contribution in [3.63, 3.8) is 0 Å². The average Bonchev–Trinajstić information content (AvgIpc) is 2.93. The van der Waals surface area contributed by atoms with E-state index in [1.54, 1.807) is 4.90 Å². The molecule has 0 aliphatic carbocycles. The van der Waals surface area contributed by atoms with E-state index >= 15 is 0 Å². The zero-order chi connectivity index (χ0) is 16.7. The van der Waals surface area contributed by atoms with Gasteiger partial charge in [-0.05, 0) is 38.1 Å². The van der Waals surface area contributed by atoms with Crippen LogP contribution in [0.1, 0.15) is 20.3 Å². The highest BCUT2D eigenvalue weighted by Gasteiger charge is 2.30. The van der Waals surface area contributed by atoms with Gasteiger partial charge >= 0.3 is 0 Å². The summed E-state index contributed by atoms with van der Waals surface area (Å²) in [4.78, 5) is 25.5. The summed E-state index contributed by atoms with van der Waals surface area (Å²) in [6, 6.07) is 7.50. The fourth-order valence-electron chi connectivity index (χ4n) is 2.56. The van der Waals surface area contributed by atoms with Crippen LogP contribution in [0.5, 0.6) is 5.75 Å². The van der Waals surface area contributed by atoms with Crippen LogP contribution in [0.2, 0.25) is 0 Å². The van der Waals surface area contributed by atoms with E-state index in [4.69, 9.17) is 9.47 Å². The average molecular weight is 320 g/mol. The molecule has 6 heteroatoms. The monoisotopic (exact) mass is 320 g/mol. The van der Waals surface area contributed by atoms with Gasteiger partial charge in [-0.1, -0.05) is 0 Å². The predicted octanol–water partition coefficient (Wildman–Crippen LogP) is 1.59. The van der Waals surface area contributed by atoms with Crippen LogP contribution >= 0.6 is 0 Å². The van der Waals surface area contributed by atoms with Crippen LogP contribution in [0.15, 0.2) is 24.3 Å². The van der Waals surface area contributed by atoms with Crippen LogP contribution in [0.3, 0.4) is 0 Å². The largest absolute Gasteiger partial charge is 0.494 e. The van der Waals surface area contributed by atoms with Crippen molar-refractivity contribution in [2.75, 3.05) is 37.8 Å². The fraction of sp³-hybridized carbons (Fsp3) is 0.529. The van der Waals surface area contributed by atoms with Crippen molar-refractivity contribution in [1.29, 1.82) is 0 Å². The number of hydrogen-bond acceptors (Lipinski definition) is 4. The van der Waals surface area contributed by atoms with E-state index in [1.807, 2.05) is 38.1 Å². The summed E-state index contributed by atoms with van der Waals surface area (Å²) in [6.07, 6.45) is 0.447. The fourth-order valence-corrected chi connectivity index (χ4v) is 2.56. The van der Waals surface area contributed by atoms with Gasteiger partial charge in [-0.25, -0.2) is 0 Å². The number of carbonyl (C=O) groups excluding carboxylic acids is 2. The third-order valence-corrected chi connectivity index (χ3v) is 3.69. The Morgan fingerprint density at radius 3 is 2.65 bits per heavy atom. The van der Waals surface area contributed by atoms with Crippen LogP contribution < -0.4 is 15.0 Å². The van der Waals surface area contributed by atoms with Gasteiger partial charge in [0.05, 0.1) is 6.61 Å². The molecule has 1 heterocycles. The van der Waals surface area contributed by atoms with Gasteiger partial charge < -0.3 is 19.7 Å². The van der Waals surface area contributed by atoms with Crippen molar-refractivity contribution in [2.45, 2.75) is 20.3 Å². The zero-order valence-corrected chi connectivity index (χ0v) is 13.7. The molecule has 126 valence electrons. The molecule has 0 spiro atoms. The first-order chi connectivity index (χ1) is 11.1. The van der Waals surface area contributed by atoms with E-state index in [2.05, 4.69) is 5.32 Å². The molecular weight excluding hydrogens is 296 g/mol. The minimum Gasteiger partial charge on any atom is -0.494 e. The summed E-state index contributed by atoms with van der Waals surface area (Å²) < 4.78 is 10.5. The molecule has 1 aliphatic rings. The Hall–Kier alpha value is -2.08. The van der Waals surface area contributed by atoms with E-state index in [1.165, 1.54) is 0 Å². The summed E-state index contributed by atoms with van der Waals surface area (Å²) >= 11 is 0. The summed E-state index contributed by atoms with van der Waals surface area (Å²) in [5, 5.41) is 2.82. The molecule has 0 radical (unpaired) electrons. The van der Waals surface area contributed by atoms with Crippen molar-refractivity contribution in [3.8, 4) is 5.75 Å². The second-order valence-corrected chi connectivity index (χ2v) is 5.44. The lowest BCUT2D eigenvalue weighted by Crippen LogP contribution is -2.33. The molecule has 1 N–H and O–H groups in total. The van der Waals surface area contributed by atoms with Gasteiger partial charge in [0.15, 0.2) is 0 Å². The van der Waals surface area contributed by atoms with E-state index in [0.29, 0.717) is 32.7 Å². The maximum atomic E-state index is 12.2. The molecule has 0 unspecified atom stereocenters. The molecule has 2 rings (SSSR count). The lowest BCUT2D eigenvalue weighted by Gasteiger charge is -2.17. The normalized spacial score (nSPS) is 17.4. The van der Waals surface area contributed by atoms with Crippen LogP contribution in [0, 0.1) is 5.92 Å². The molecule has 1 atom stereocenters. The molecule has 0 bridgehead atoms. The molecule has 2 amide bonds. The maximum Gasteiger partial charge on any atom is 0.246 e. The Labute approximate surface area is 136 Å². The molecule has 1 saturated heterocycles. The Balaban J connectivity index is 1.85. The van der Waals surface area contributed by atoms with E-state index in [0.717, 1.165) is 11.4 Å². The van der Waals surface area contributed by atoms with E-state index < -0.39 is 0 Å². The second-order valence-electron chi connectivity index (χ2n) is 5.44. The lowest BCUT2D eigenvalue weighted by molar-refractivity contribution is -0.125. The highest BCUT2D eigenvalue weighted by molar-refractivity contribution is 5.95. The number of nitrogens with one attached hydrogen (secondary N) is 1. The van der Waals surface area contributed by atoms with Gasteiger partial charge in [0, 0.05) is 37.7 Å². The molecule has 1 fully saturated rings. The zero-order valence-electron chi connectivity index (χ0n) is 13.7. The molecule has 0 saturated carbocycles. The van der Waals surface area contributed by atoms with E-state index in [9.17, 15) is 9.59 Å². The maximum absolute atomic E-state index is 12.2. The minimum absolute atomic E-state index is 0.0692. The lowest BCUT2D eigenvalue weighted by atomic mass is 10.1. The van der Waals surface area contributed by atoms with Gasteiger partial charge in [0.2, 0.25) is 11.8 Å². The van der Waals surface area contributed by atoms with Gasteiger partial charge in [0.1, 0.15) is 12.4 Å². The number of benzene rings is 1. The van der Waals surface area contributed by atoms with Gasteiger partial charge in [-0.15, -0.1) is 0 Å². The first-order valence-electron chi connectivity index (χ1n) is 8.01. The number of anilines is 1. The Morgan fingerprint density at radius 2 is 2.00 bits per heavy atom. The van der Waals surface area contributed by atoms with Crippen LogP contribution in [-0.4, -0.2) is 44.7 Å². The molecule has 6 nitrogen and oxygen atoms in total. The van der Waals surface area contributed by atoms with Crippen LogP contribution in [0.25, 0.3) is 0 Å². The molecule has 1 aromatic rings. The first kappa shape index (κ1) is 17.3. The number of carbonyl (C=O) groups is 2. The second kappa shape index (κ2) is 8.53. The minimum atomic E-state index is -0.140. The van der Waals surface area contributed by atoms with Crippen LogP contribution in [0.4, 0.5) is 5.69 Å². The number of rotatable bonds is 8. The summed E-state index contributed by atoms with van der Waals surface area (Å²) in [6.45, 7) is 6.08. The number of ether oxygens (including phenoxy) is 2. The third kappa shape index (κ3) is 4.96. The van der Waals surface area contributed by atoms with Crippen molar-refractivity contribution in [1.82, 2.24) is 5.32 Å². The smallest absolute Gasteiger partial charge is 0.246 e. The number of amides is 2. The van der Waals surface area contributed by atoms with E-state index in [-0.39, 0.29) is 24.3 Å². The predicted molar refractivity (Wildman–Crippen MR) is 87.6 cm³/mol. The van der Waals surface area contributed by atoms with Crippen molar-refractivity contribution in [2.24, 2.45) is 5.92 Å². The van der Waals surface area contributed by atoms with Crippen LogP contribution in [-0.2, 0) is 14.3 Å². The highest BCUT2D eigenvalue weighted by atomic mass is 16.5. The van der Waals surface area contributed by atoms with Crippen molar-refractivity contribution >= 4 is 17.5 Å². The molecular formula is C17H24N2O4. The quantitative estimate of drug-likeness (QED) is 0.790. The Bertz CT molecular complexity index is 530. The molecule has 1 aliphatic heterocycles. The Kier molecular flexibility index (Phi) is 6.40. The van der Waals surface area contributed by atoms with Crippen molar-refractivity contribution < 1.29 is 19.1 Å². The Morgan fingerprint density at radius 1 is 1.26 bits per heavy atom. The third-order valence-electron chi connectivity index (χ3n) is 3.69. The van der Waals surface area contributed by atoms with Gasteiger partial charge in [-0.3, -0.25) is 9.59 Å². The van der Waals surface area contributed by atoms with Gasteiger partial charge in [-0.2, -0.15) is 0 Å². The number of nitrogens with zero attached hydrogens (tertiary/aromatic N) is 1. The topological polar surface area (TPSA) is 67.9 Å². The van der Waals surface area contributed by atoms with Gasteiger partial charge in [0.25, 0.3) is 0 Å². The number of hydrogen-bond donors (Lipinski definition) is 1. The molecule has 1 aromatic carbocycles. The highest BCUT2D eigenvalue weighted by Crippen LogP contribution is 2.26. The summed E-state index contributed by atoms with van der Waals surface area (Å²) in [5.74, 6) is 0.860. The molecule has 23 heavy (non-hydrogen) atoms. The molecule has 0 aromatic heterocycles. The summed E-state index contributed by atoms with van der Waals surface area (Å²) in [7, 11) is 0. The van der Waals surface area contributed by atoms with Crippen molar-refractivity contribution in [3.05, 3.63) is 24.3 Å². The first-order valence-corrected chi connectivity index (χ1v) is 8.01. The SMILES string of the molecule is CCOCC(=O)NC[C@H]1CC(=O)N(c2ccc(OCC)cc2)C1. The summed E-state index contributed by atoms with van der Waals surface area (Å²) in [5.41, 5.74) is 0.863.